The van der Waals surface area contributed by atoms with Gasteiger partial charge in [0.05, 0.1) is 0 Å². The molecule has 2 N–H and O–H groups in total. The number of nitrogens with zero attached hydrogens (tertiary/aromatic N) is 2. The van der Waals surface area contributed by atoms with E-state index in [0.717, 1.165) is 42.5 Å². The molecular weight excluding hydrogens is 392 g/mol. The lowest BCUT2D eigenvalue weighted by molar-refractivity contribution is -0.141. The Balaban J connectivity index is 1.22. The lowest BCUT2D eigenvalue weighted by atomic mass is 9.73. The highest BCUT2D eigenvalue weighted by Gasteiger charge is 2.55. The molecule has 3 heterocycles. The summed E-state index contributed by atoms with van der Waals surface area (Å²) in [6.07, 6.45) is 7.46. The van der Waals surface area contributed by atoms with Crippen LogP contribution in [-0.2, 0) is 9.59 Å². The first-order chi connectivity index (χ1) is 15.0. The zero-order valence-corrected chi connectivity index (χ0v) is 18.0. The number of nitrogens with one attached hydrogen (secondary N) is 2. The lowest BCUT2D eigenvalue weighted by Crippen LogP contribution is -2.54. The molecule has 1 aliphatic carbocycles. The van der Waals surface area contributed by atoms with Crippen LogP contribution in [0.4, 0.5) is 4.79 Å². The van der Waals surface area contributed by atoms with Crippen LogP contribution in [0.1, 0.15) is 56.9 Å². The molecule has 2 saturated heterocycles. The molecule has 0 radical (unpaired) electrons. The third-order valence-electron chi connectivity index (χ3n) is 7.70. The summed E-state index contributed by atoms with van der Waals surface area (Å²) < 4.78 is 0. The number of benzene rings is 1. The Morgan fingerprint density at radius 3 is 2.68 bits per heavy atom. The number of hydrogen-bond acceptors (Lipinski definition) is 3. The number of piperidine rings is 1. The van der Waals surface area contributed by atoms with Crippen molar-refractivity contribution in [3.8, 4) is 0 Å². The van der Waals surface area contributed by atoms with Crippen molar-refractivity contribution >= 4 is 28.7 Å². The molecule has 2 atom stereocenters. The number of carbonyl (C=O) groups excluding carboxylic acids is 3. The molecule has 3 aliphatic rings. The van der Waals surface area contributed by atoms with Gasteiger partial charge in [-0.05, 0) is 49.1 Å². The van der Waals surface area contributed by atoms with E-state index in [4.69, 9.17) is 0 Å². The number of aromatic amines is 1. The second-order valence-electron chi connectivity index (χ2n) is 9.38. The van der Waals surface area contributed by atoms with Crippen molar-refractivity contribution in [3.05, 3.63) is 36.0 Å². The highest BCUT2D eigenvalue weighted by molar-refractivity contribution is 6.09. The van der Waals surface area contributed by atoms with Gasteiger partial charge in [0.25, 0.3) is 5.91 Å². The van der Waals surface area contributed by atoms with Crippen LogP contribution >= 0.6 is 0 Å². The van der Waals surface area contributed by atoms with E-state index in [0.29, 0.717) is 25.4 Å². The molecule has 3 fully saturated rings. The van der Waals surface area contributed by atoms with Crippen LogP contribution in [0, 0.1) is 5.92 Å². The van der Waals surface area contributed by atoms with Gasteiger partial charge in [-0.2, -0.15) is 0 Å². The van der Waals surface area contributed by atoms with E-state index in [1.165, 1.54) is 10.9 Å². The maximum atomic E-state index is 13.1. The summed E-state index contributed by atoms with van der Waals surface area (Å²) >= 11 is 0. The third kappa shape index (κ3) is 3.30. The molecule has 2 aliphatic heterocycles. The number of hydrogen-bond donors (Lipinski definition) is 2. The molecule has 0 unspecified atom stereocenters. The smallest absolute Gasteiger partial charge is 0.325 e. The Morgan fingerprint density at radius 1 is 1.13 bits per heavy atom. The third-order valence-corrected chi connectivity index (χ3v) is 7.70. The average molecular weight is 423 g/mol. The minimum Gasteiger partial charge on any atom is -0.361 e. The average Bonchev–Trinajstić information content (AvgIpc) is 3.31. The summed E-state index contributed by atoms with van der Waals surface area (Å²) in [5.74, 6) is 0.154. The molecule has 5 rings (SSSR count). The normalized spacial score (nSPS) is 27.3. The molecule has 31 heavy (non-hydrogen) atoms. The molecular formula is C24H30N4O3. The number of carbonyl (C=O) groups is 3. The van der Waals surface area contributed by atoms with Crippen molar-refractivity contribution in [2.75, 3.05) is 19.6 Å². The van der Waals surface area contributed by atoms with Crippen LogP contribution in [0.15, 0.2) is 30.5 Å². The Bertz CT molecular complexity index is 1020. The first-order valence-electron chi connectivity index (χ1n) is 11.5. The number of para-hydroxylation sites is 1. The zero-order chi connectivity index (χ0) is 21.6. The minimum atomic E-state index is -0.808. The summed E-state index contributed by atoms with van der Waals surface area (Å²) in [6.45, 7) is 3.16. The predicted molar refractivity (Wildman–Crippen MR) is 117 cm³/mol. The highest BCUT2D eigenvalue weighted by Crippen LogP contribution is 2.38. The van der Waals surface area contributed by atoms with E-state index in [-0.39, 0.29) is 24.3 Å². The summed E-state index contributed by atoms with van der Waals surface area (Å²) in [4.78, 5) is 44.9. The standard InChI is InChI=1S/C24H30N4O3/c1-16-6-4-5-11-24(16)22(30)28(23(31)26-24)15-21(29)27-12-9-17(10-13-27)19-14-25-20-8-3-2-7-18(19)20/h2-3,7-8,14,16-17,25H,4-6,9-13,15H2,1H3,(H,26,31)/t16-,24+/m1/s1. The quantitative estimate of drug-likeness (QED) is 0.744. The van der Waals surface area contributed by atoms with Crippen LogP contribution in [0.25, 0.3) is 10.9 Å². The van der Waals surface area contributed by atoms with Gasteiger partial charge < -0.3 is 15.2 Å². The van der Waals surface area contributed by atoms with Gasteiger partial charge in [-0.15, -0.1) is 0 Å². The van der Waals surface area contributed by atoms with E-state index in [2.05, 4.69) is 34.7 Å². The van der Waals surface area contributed by atoms with E-state index in [9.17, 15) is 14.4 Å². The number of amides is 4. The molecule has 0 bridgehead atoms. The van der Waals surface area contributed by atoms with Gasteiger partial charge >= 0.3 is 6.03 Å². The van der Waals surface area contributed by atoms with E-state index < -0.39 is 11.6 Å². The molecule has 1 aromatic heterocycles. The number of fused-ring (bicyclic) bond motifs is 1. The predicted octanol–water partition coefficient (Wildman–Crippen LogP) is 3.37. The summed E-state index contributed by atoms with van der Waals surface area (Å²) in [5.41, 5.74) is 1.64. The fraction of sp³-hybridized carbons (Fsp3) is 0.542. The van der Waals surface area contributed by atoms with Crippen LogP contribution in [0.2, 0.25) is 0 Å². The SMILES string of the molecule is C[C@@H]1CCCC[C@]12NC(=O)N(CC(=O)N1CCC(c3c[nH]c4ccccc34)CC1)C2=O. The van der Waals surface area contributed by atoms with Crippen molar-refractivity contribution in [3.63, 3.8) is 0 Å². The van der Waals surface area contributed by atoms with Gasteiger partial charge in [0.1, 0.15) is 12.1 Å². The Morgan fingerprint density at radius 2 is 1.90 bits per heavy atom. The number of rotatable bonds is 3. The zero-order valence-electron chi connectivity index (χ0n) is 18.0. The van der Waals surface area contributed by atoms with Crippen molar-refractivity contribution in [2.24, 2.45) is 5.92 Å². The van der Waals surface area contributed by atoms with Gasteiger partial charge in [-0.1, -0.05) is 38.0 Å². The number of urea groups is 1. The molecule has 4 amide bonds. The second kappa shape index (κ2) is 7.70. The van der Waals surface area contributed by atoms with E-state index in [1.54, 1.807) is 4.90 Å². The van der Waals surface area contributed by atoms with Crippen LogP contribution in [0.3, 0.4) is 0 Å². The van der Waals surface area contributed by atoms with Crippen molar-refractivity contribution < 1.29 is 14.4 Å². The van der Waals surface area contributed by atoms with Crippen molar-refractivity contribution in [1.29, 1.82) is 0 Å². The Kier molecular flexibility index (Phi) is 4.99. The molecule has 1 spiro atoms. The van der Waals surface area contributed by atoms with Gasteiger partial charge in [0, 0.05) is 30.2 Å². The first kappa shape index (κ1) is 20.1. The first-order valence-corrected chi connectivity index (χ1v) is 11.5. The maximum Gasteiger partial charge on any atom is 0.325 e. The largest absolute Gasteiger partial charge is 0.361 e. The van der Waals surface area contributed by atoms with Crippen molar-refractivity contribution in [1.82, 2.24) is 20.1 Å². The number of H-pyrrole nitrogens is 1. The minimum absolute atomic E-state index is 0.102. The van der Waals surface area contributed by atoms with Crippen LogP contribution < -0.4 is 5.32 Å². The lowest BCUT2D eigenvalue weighted by Gasteiger charge is -2.37. The van der Waals surface area contributed by atoms with Gasteiger partial charge in [-0.25, -0.2) is 4.79 Å². The number of imide groups is 1. The highest BCUT2D eigenvalue weighted by atomic mass is 16.2. The second-order valence-corrected chi connectivity index (χ2v) is 9.38. The molecule has 1 saturated carbocycles. The fourth-order valence-electron chi connectivity index (χ4n) is 5.75. The monoisotopic (exact) mass is 422 g/mol. The molecule has 7 heteroatoms. The van der Waals surface area contributed by atoms with Gasteiger partial charge in [0.2, 0.25) is 5.91 Å². The van der Waals surface area contributed by atoms with E-state index in [1.807, 2.05) is 13.0 Å². The Hall–Kier alpha value is -2.83. The maximum absolute atomic E-state index is 13.1. The summed E-state index contributed by atoms with van der Waals surface area (Å²) in [6, 6.07) is 7.88. The van der Waals surface area contributed by atoms with E-state index >= 15 is 0 Å². The molecule has 1 aromatic carbocycles. The van der Waals surface area contributed by atoms with Gasteiger partial charge in [-0.3, -0.25) is 14.5 Å². The van der Waals surface area contributed by atoms with Crippen molar-refractivity contribution in [2.45, 2.75) is 56.9 Å². The fourth-order valence-corrected chi connectivity index (χ4v) is 5.75. The summed E-state index contributed by atoms with van der Waals surface area (Å²) in [7, 11) is 0. The Labute approximate surface area is 182 Å². The van der Waals surface area contributed by atoms with Crippen LogP contribution in [0.5, 0.6) is 0 Å². The van der Waals surface area contributed by atoms with Crippen LogP contribution in [-0.4, -0.2) is 57.8 Å². The molecule has 2 aromatic rings. The number of likely N-dealkylation sites (tertiary alicyclic amines) is 1. The molecule has 164 valence electrons. The molecule has 7 nitrogen and oxygen atoms in total. The summed E-state index contributed by atoms with van der Waals surface area (Å²) in [5, 5.41) is 4.18. The topological polar surface area (TPSA) is 85.5 Å². The number of aromatic nitrogens is 1. The van der Waals surface area contributed by atoms with Gasteiger partial charge in [0.15, 0.2) is 0 Å².